The summed E-state index contributed by atoms with van der Waals surface area (Å²) in [5.41, 5.74) is 0.496. The molecule has 1 aromatic rings. The van der Waals surface area contributed by atoms with Gasteiger partial charge in [0.05, 0.1) is 0 Å². The summed E-state index contributed by atoms with van der Waals surface area (Å²) in [7, 11) is 0. The molecule has 8 heteroatoms. The van der Waals surface area contributed by atoms with Crippen molar-refractivity contribution in [2.24, 2.45) is 0 Å². The lowest BCUT2D eigenvalue weighted by Gasteiger charge is -2.24. The Morgan fingerprint density at radius 1 is 1.12 bits per heavy atom. The number of rotatable bonds is 6. The smallest absolute Gasteiger partial charge is 0.345 e. The van der Waals surface area contributed by atoms with Crippen molar-refractivity contribution in [2.75, 3.05) is 13.1 Å². The number of alkyl halides is 3. The molecular weight excluding hydrogens is 337 g/mol. The summed E-state index contributed by atoms with van der Waals surface area (Å²) in [6, 6.07) is 7.61. The van der Waals surface area contributed by atoms with Gasteiger partial charge < -0.3 is 10.2 Å². The van der Waals surface area contributed by atoms with Gasteiger partial charge in [0.1, 0.15) is 12.6 Å². The Morgan fingerprint density at radius 2 is 1.80 bits per heavy atom. The molecule has 0 saturated carbocycles. The van der Waals surface area contributed by atoms with E-state index in [1.165, 1.54) is 4.90 Å². The number of likely N-dealkylation sites (tertiary alicyclic amines) is 1. The highest BCUT2D eigenvalue weighted by molar-refractivity contribution is 5.98. The Kier molecular flexibility index (Phi) is 6.17. The van der Waals surface area contributed by atoms with Gasteiger partial charge in [0, 0.05) is 24.9 Å². The third kappa shape index (κ3) is 5.58. The van der Waals surface area contributed by atoms with Crippen molar-refractivity contribution in [3.8, 4) is 0 Å². The number of amides is 2. The topological polar surface area (TPSA) is 66.5 Å². The van der Waals surface area contributed by atoms with E-state index >= 15 is 0 Å². The number of carbonyl (C=O) groups excluding carboxylic acids is 3. The molecule has 5 nitrogen and oxygen atoms in total. The molecule has 0 aromatic heterocycles. The van der Waals surface area contributed by atoms with Gasteiger partial charge in [-0.2, -0.15) is 13.2 Å². The first-order chi connectivity index (χ1) is 11.8. The van der Waals surface area contributed by atoms with Crippen molar-refractivity contribution >= 4 is 17.6 Å². The van der Waals surface area contributed by atoms with Gasteiger partial charge in [-0.05, 0) is 12.8 Å². The molecule has 25 heavy (non-hydrogen) atoms. The highest BCUT2D eigenvalue weighted by Crippen LogP contribution is 2.20. The number of halogens is 3. The maximum atomic E-state index is 12.3. The lowest BCUT2D eigenvalue weighted by atomic mass is 10.1. The normalized spacial score (nSPS) is 17.4. The second kappa shape index (κ2) is 8.13. The maximum absolute atomic E-state index is 12.3. The molecule has 0 unspecified atom stereocenters. The van der Waals surface area contributed by atoms with Gasteiger partial charge in [-0.25, -0.2) is 0 Å². The molecule has 1 fully saturated rings. The van der Waals surface area contributed by atoms with Crippen LogP contribution in [0.2, 0.25) is 0 Å². The van der Waals surface area contributed by atoms with Gasteiger partial charge in [0.2, 0.25) is 11.8 Å². The molecule has 1 aromatic carbocycles. The van der Waals surface area contributed by atoms with Crippen LogP contribution in [-0.2, 0) is 9.59 Å². The third-order valence-electron chi connectivity index (χ3n) is 4.00. The van der Waals surface area contributed by atoms with Gasteiger partial charge in [0.15, 0.2) is 5.78 Å². The minimum atomic E-state index is -4.49. The van der Waals surface area contributed by atoms with Crippen LogP contribution < -0.4 is 5.32 Å². The summed E-state index contributed by atoms with van der Waals surface area (Å²) < 4.78 is 36.6. The highest BCUT2D eigenvalue weighted by Gasteiger charge is 2.36. The summed E-state index contributed by atoms with van der Waals surface area (Å²) >= 11 is 0. The first kappa shape index (κ1) is 19.0. The number of nitrogens with zero attached hydrogens (tertiary/aromatic N) is 1. The zero-order valence-electron chi connectivity index (χ0n) is 13.5. The predicted molar refractivity (Wildman–Crippen MR) is 83.8 cm³/mol. The molecular formula is C17H19F3N2O3. The minimum Gasteiger partial charge on any atom is -0.345 e. The van der Waals surface area contributed by atoms with Crippen LogP contribution in [0.1, 0.15) is 36.0 Å². The van der Waals surface area contributed by atoms with Crippen molar-refractivity contribution in [3.63, 3.8) is 0 Å². The van der Waals surface area contributed by atoms with Crippen molar-refractivity contribution < 1.29 is 27.6 Å². The monoisotopic (exact) mass is 356 g/mol. The molecule has 1 N–H and O–H groups in total. The largest absolute Gasteiger partial charge is 0.405 e. The van der Waals surface area contributed by atoms with E-state index in [-0.39, 0.29) is 18.6 Å². The predicted octanol–water partition coefficient (Wildman–Crippen LogP) is 2.32. The Bertz CT molecular complexity index is 632. The lowest BCUT2D eigenvalue weighted by molar-refractivity contribution is -0.144. The van der Waals surface area contributed by atoms with Gasteiger partial charge in [-0.3, -0.25) is 14.4 Å². The Balaban J connectivity index is 1.87. The number of carbonyl (C=O) groups is 3. The Morgan fingerprint density at radius 3 is 2.44 bits per heavy atom. The number of benzene rings is 1. The molecule has 1 heterocycles. The van der Waals surface area contributed by atoms with Crippen molar-refractivity contribution in [3.05, 3.63) is 35.9 Å². The quantitative estimate of drug-likeness (QED) is 0.796. The van der Waals surface area contributed by atoms with Gasteiger partial charge in [-0.1, -0.05) is 30.3 Å². The van der Waals surface area contributed by atoms with E-state index < -0.39 is 30.6 Å². The maximum Gasteiger partial charge on any atom is 0.405 e. The second-order valence-corrected chi connectivity index (χ2v) is 5.87. The molecule has 136 valence electrons. The van der Waals surface area contributed by atoms with Crippen LogP contribution in [0.15, 0.2) is 30.3 Å². The number of nitrogens with one attached hydrogen (secondary N) is 1. The van der Waals surface area contributed by atoms with Gasteiger partial charge >= 0.3 is 6.18 Å². The lowest BCUT2D eigenvalue weighted by Crippen LogP contribution is -2.48. The molecule has 1 saturated heterocycles. The summed E-state index contributed by atoms with van der Waals surface area (Å²) in [6.45, 7) is -1.11. The fourth-order valence-corrected chi connectivity index (χ4v) is 2.78. The molecule has 2 rings (SSSR count). The van der Waals surface area contributed by atoms with E-state index in [1.807, 2.05) is 5.32 Å². The number of hydrogen-bond acceptors (Lipinski definition) is 3. The van der Waals surface area contributed by atoms with Crippen molar-refractivity contribution in [1.29, 1.82) is 0 Å². The van der Waals surface area contributed by atoms with Crippen LogP contribution in [0, 0.1) is 0 Å². The molecule has 0 bridgehead atoms. The molecule has 0 spiro atoms. The first-order valence-corrected chi connectivity index (χ1v) is 8.00. The fraction of sp³-hybridized carbons (Fsp3) is 0.471. The van der Waals surface area contributed by atoms with Crippen LogP contribution in [0.5, 0.6) is 0 Å². The van der Waals surface area contributed by atoms with E-state index in [9.17, 15) is 27.6 Å². The van der Waals surface area contributed by atoms with Crippen LogP contribution in [-0.4, -0.2) is 47.8 Å². The fourth-order valence-electron chi connectivity index (χ4n) is 2.78. The van der Waals surface area contributed by atoms with E-state index in [4.69, 9.17) is 0 Å². The van der Waals surface area contributed by atoms with E-state index in [0.29, 0.717) is 24.9 Å². The zero-order valence-corrected chi connectivity index (χ0v) is 13.5. The summed E-state index contributed by atoms with van der Waals surface area (Å²) in [4.78, 5) is 37.4. The molecule has 1 atom stereocenters. The van der Waals surface area contributed by atoms with E-state index in [0.717, 1.165) is 0 Å². The SMILES string of the molecule is O=C(CCC(=O)N1CCC[C@H]1C(=O)NCC(F)(F)F)c1ccccc1. The summed E-state index contributed by atoms with van der Waals surface area (Å²) in [5, 5.41) is 1.82. The van der Waals surface area contributed by atoms with Gasteiger partial charge in [-0.15, -0.1) is 0 Å². The average Bonchev–Trinajstić information content (AvgIpc) is 3.07. The van der Waals surface area contributed by atoms with Crippen LogP contribution in [0.3, 0.4) is 0 Å². The van der Waals surface area contributed by atoms with E-state index in [2.05, 4.69) is 0 Å². The summed E-state index contributed by atoms with van der Waals surface area (Å²) in [6.07, 6.45) is -3.71. The average molecular weight is 356 g/mol. The molecule has 2 amide bonds. The van der Waals surface area contributed by atoms with Crippen LogP contribution >= 0.6 is 0 Å². The van der Waals surface area contributed by atoms with Gasteiger partial charge in [0.25, 0.3) is 0 Å². The van der Waals surface area contributed by atoms with Crippen LogP contribution in [0.25, 0.3) is 0 Å². The Hall–Kier alpha value is -2.38. The molecule has 1 aliphatic rings. The third-order valence-corrected chi connectivity index (χ3v) is 4.00. The van der Waals surface area contributed by atoms with Crippen molar-refractivity contribution in [2.45, 2.75) is 37.9 Å². The molecule has 0 aliphatic carbocycles. The minimum absolute atomic E-state index is 0.00373. The standard InChI is InChI=1S/C17H19F3N2O3/c18-17(19,20)11-21-16(25)13-7-4-10-22(13)15(24)9-8-14(23)12-5-2-1-3-6-12/h1-3,5-6,13H,4,7-11H2,(H,21,25)/t13-/m0/s1. The summed E-state index contributed by atoms with van der Waals surface area (Å²) in [5.74, 6) is -1.39. The highest BCUT2D eigenvalue weighted by atomic mass is 19.4. The molecule has 0 radical (unpaired) electrons. The van der Waals surface area contributed by atoms with E-state index in [1.54, 1.807) is 30.3 Å². The zero-order chi connectivity index (χ0) is 18.4. The first-order valence-electron chi connectivity index (χ1n) is 8.00. The van der Waals surface area contributed by atoms with Crippen molar-refractivity contribution in [1.82, 2.24) is 10.2 Å². The molecule has 1 aliphatic heterocycles. The number of Topliss-reactive ketones (excluding diaryl/α,β-unsaturated/α-hetero) is 1. The van der Waals surface area contributed by atoms with Crippen LogP contribution in [0.4, 0.5) is 13.2 Å². The second-order valence-electron chi connectivity index (χ2n) is 5.87. The number of ketones is 1. The Labute approximate surface area is 143 Å². The number of hydrogen-bond donors (Lipinski definition) is 1.